The van der Waals surface area contributed by atoms with Crippen LogP contribution in [0.4, 0.5) is 10.5 Å². The average molecular weight is 267 g/mol. The molecule has 0 radical (unpaired) electrons. The van der Waals surface area contributed by atoms with Crippen LogP contribution in [-0.2, 0) is 4.74 Å². The van der Waals surface area contributed by atoms with Gasteiger partial charge < -0.3 is 4.74 Å². The first-order valence-electron chi connectivity index (χ1n) is 6.14. The normalized spacial score (nSPS) is 12.1. The highest BCUT2D eigenvalue weighted by atomic mass is 32.1. The van der Waals surface area contributed by atoms with E-state index in [0.717, 1.165) is 10.6 Å². The lowest BCUT2D eigenvalue weighted by molar-refractivity contribution is 0.130. The third kappa shape index (κ3) is 4.53. The molecular weight excluding hydrogens is 246 g/mol. The number of nitrogens with one attached hydrogen (secondary N) is 1. The molecule has 1 amide bonds. The summed E-state index contributed by atoms with van der Waals surface area (Å²) < 4.78 is 5.07. The molecule has 0 aliphatic heterocycles. The smallest absolute Gasteiger partial charge is 0.411 e. The average Bonchev–Trinajstić information content (AvgIpc) is 2.62. The van der Waals surface area contributed by atoms with E-state index in [1.54, 1.807) is 11.3 Å². The molecule has 1 aromatic rings. The van der Waals surface area contributed by atoms with Gasteiger partial charge in [-0.15, -0.1) is 11.3 Å². The third-order valence-electron chi connectivity index (χ3n) is 2.19. The highest BCUT2D eigenvalue weighted by molar-refractivity contribution is 7.11. The summed E-state index contributed by atoms with van der Waals surface area (Å²) in [5.74, 6) is 0.488. The zero-order valence-electron chi connectivity index (χ0n) is 11.6. The Morgan fingerprint density at radius 3 is 2.61 bits per heavy atom. The van der Waals surface area contributed by atoms with Crippen LogP contribution in [0.5, 0.6) is 0 Å². The Kier molecular flexibility index (Phi) is 5.41. The van der Waals surface area contributed by atoms with Crippen LogP contribution in [0.2, 0.25) is 0 Å². The molecule has 0 bridgehead atoms. The molecule has 1 heterocycles. The summed E-state index contributed by atoms with van der Waals surface area (Å²) in [5, 5.41) is 4.75. The van der Waals surface area contributed by atoms with Gasteiger partial charge in [0.1, 0.15) is 0 Å². The second-order valence-corrected chi connectivity index (χ2v) is 5.75. The Bertz CT molecular complexity index is 433. The minimum atomic E-state index is -0.401. The lowest BCUT2D eigenvalue weighted by Gasteiger charge is -2.10. The van der Waals surface area contributed by atoms with Crippen molar-refractivity contribution in [3.8, 4) is 0 Å². The van der Waals surface area contributed by atoms with Crippen LogP contribution in [0, 0.1) is 5.92 Å². The van der Waals surface area contributed by atoms with E-state index in [0.29, 0.717) is 5.92 Å². The number of allylic oxidation sites excluding steroid dienone is 2. The Labute approximate surface area is 113 Å². The monoisotopic (exact) mass is 267 g/mol. The molecular formula is C14H21NO2S. The highest BCUT2D eigenvalue weighted by Gasteiger charge is 2.11. The Morgan fingerprint density at radius 2 is 2.06 bits per heavy atom. The number of carbonyl (C=O) groups is 1. The standard InChI is InChI=1S/C14H21NO2S/c1-9(2)8-11(5)13-12(6-7-18-13)15-14(16)17-10(3)4/h6-10H,1-5H3,(H,15,16)/b11-8+. The van der Waals surface area contributed by atoms with Gasteiger partial charge in [-0.3, -0.25) is 5.32 Å². The summed E-state index contributed by atoms with van der Waals surface area (Å²) in [6.45, 7) is 10.00. The molecule has 3 nitrogen and oxygen atoms in total. The van der Waals surface area contributed by atoms with Crippen molar-refractivity contribution in [1.82, 2.24) is 0 Å². The van der Waals surface area contributed by atoms with Crippen molar-refractivity contribution in [2.75, 3.05) is 5.32 Å². The topological polar surface area (TPSA) is 38.3 Å². The summed E-state index contributed by atoms with van der Waals surface area (Å²) in [5.41, 5.74) is 2.00. The van der Waals surface area contributed by atoms with Gasteiger partial charge in [-0.05, 0) is 43.7 Å². The van der Waals surface area contributed by atoms with Gasteiger partial charge in [0.05, 0.1) is 16.7 Å². The first-order chi connectivity index (χ1) is 8.40. The number of ether oxygens (including phenoxy) is 1. The lowest BCUT2D eigenvalue weighted by atomic mass is 10.1. The maximum atomic E-state index is 11.6. The quantitative estimate of drug-likeness (QED) is 0.853. The van der Waals surface area contributed by atoms with Crippen molar-refractivity contribution in [2.24, 2.45) is 5.92 Å². The van der Waals surface area contributed by atoms with Gasteiger partial charge in [-0.25, -0.2) is 4.79 Å². The number of carbonyl (C=O) groups excluding carboxylic acids is 1. The second-order valence-electron chi connectivity index (χ2n) is 4.84. The Morgan fingerprint density at radius 1 is 1.39 bits per heavy atom. The van der Waals surface area contributed by atoms with Gasteiger partial charge in [0, 0.05) is 0 Å². The molecule has 0 aromatic carbocycles. The molecule has 100 valence electrons. The fraction of sp³-hybridized carbons (Fsp3) is 0.500. The first kappa shape index (κ1) is 14.8. The summed E-state index contributed by atoms with van der Waals surface area (Å²) in [6, 6.07) is 1.90. The number of thiophene rings is 1. The van der Waals surface area contributed by atoms with Gasteiger partial charge in [-0.1, -0.05) is 19.9 Å². The van der Waals surface area contributed by atoms with Crippen molar-refractivity contribution < 1.29 is 9.53 Å². The van der Waals surface area contributed by atoms with E-state index in [1.165, 1.54) is 5.57 Å². The van der Waals surface area contributed by atoms with Gasteiger partial charge in [0.2, 0.25) is 0 Å². The van der Waals surface area contributed by atoms with Gasteiger partial charge >= 0.3 is 6.09 Å². The van der Waals surface area contributed by atoms with E-state index in [4.69, 9.17) is 4.74 Å². The molecule has 0 aliphatic carbocycles. The number of rotatable bonds is 4. The molecule has 0 aliphatic rings. The van der Waals surface area contributed by atoms with E-state index in [9.17, 15) is 4.79 Å². The van der Waals surface area contributed by atoms with Gasteiger partial charge in [0.25, 0.3) is 0 Å². The van der Waals surface area contributed by atoms with Crippen molar-refractivity contribution in [3.63, 3.8) is 0 Å². The molecule has 1 N–H and O–H groups in total. The van der Waals surface area contributed by atoms with Crippen molar-refractivity contribution in [1.29, 1.82) is 0 Å². The zero-order chi connectivity index (χ0) is 13.7. The first-order valence-corrected chi connectivity index (χ1v) is 7.02. The SMILES string of the molecule is C/C(=C\C(C)C)c1sccc1NC(=O)OC(C)C. The molecule has 1 aromatic heterocycles. The minimum Gasteiger partial charge on any atom is -0.447 e. The molecule has 0 saturated heterocycles. The summed E-state index contributed by atoms with van der Waals surface area (Å²) in [4.78, 5) is 12.7. The van der Waals surface area contributed by atoms with Crippen LogP contribution in [0.1, 0.15) is 39.5 Å². The minimum absolute atomic E-state index is 0.112. The highest BCUT2D eigenvalue weighted by Crippen LogP contribution is 2.30. The third-order valence-corrected chi connectivity index (χ3v) is 3.24. The number of hydrogen-bond donors (Lipinski definition) is 1. The van der Waals surface area contributed by atoms with Gasteiger partial charge in [0.15, 0.2) is 0 Å². The molecule has 0 fully saturated rings. The molecule has 18 heavy (non-hydrogen) atoms. The van der Waals surface area contributed by atoms with Crippen LogP contribution < -0.4 is 5.32 Å². The van der Waals surface area contributed by atoms with E-state index < -0.39 is 6.09 Å². The number of amides is 1. The van der Waals surface area contributed by atoms with Crippen molar-refractivity contribution >= 4 is 28.7 Å². The van der Waals surface area contributed by atoms with Crippen LogP contribution in [0.25, 0.3) is 5.57 Å². The van der Waals surface area contributed by atoms with Crippen LogP contribution in [0.3, 0.4) is 0 Å². The molecule has 0 spiro atoms. The Balaban J connectivity index is 2.80. The second kappa shape index (κ2) is 6.59. The largest absolute Gasteiger partial charge is 0.447 e. The lowest BCUT2D eigenvalue weighted by Crippen LogP contribution is -2.18. The van der Waals surface area contributed by atoms with E-state index in [1.807, 2.05) is 25.3 Å². The summed E-state index contributed by atoms with van der Waals surface area (Å²) in [7, 11) is 0. The van der Waals surface area contributed by atoms with E-state index in [-0.39, 0.29) is 6.10 Å². The molecule has 0 unspecified atom stereocenters. The predicted molar refractivity (Wildman–Crippen MR) is 78.0 cm³/mol. The van der Waals surface area contributed by atoms with E-state index >= 15 is 0 Å². The fourth-order valence-electron chi connectivity index (χ4n) is 1.64. The van der Waals surface area contributed by atoms with Crippen molar-refractivity contribution in [3.05, 3.63) is 22.4 Å². The van der Waals surface area contributed by atoms with E-state index in [2.05, 4.69) is 32.2 Å². The molecule has 4 heteroatoms. The van der Waals surface area contributed by atoms with Crippen LogP contribution >= 0.6 is 11.3 Å². The molecule has 0 atom stereocenters. The van der Waals surface area contributed by atoms with Crippen LogP contribution in [-0.4, -0.2) is 12.2 Å². The van der Waals surface area contributed by atoms with Crippen LogP contribution in [0.15, 0.2) is 17.5 Å². The number of hydrogen-bond acceptors (Lipinski definition) is 3. The number of anilines is 1. The molecule has 1 rings (SSSR count). The zero-order valence-corrected chi connectivity index (χ0v) is 12.4. The van der Waals surface area contributed by atoms with Crippen molar-refractivity contribution in [2.45, 2.75) is 40.7 Å². The van der Waals surface area contributed by atoms with Gasteiger partial charge in [-0.2, -0.15) is 0 Å². The summed E-state index contributed by atoms with van der Waals surface area (Å²) in [6.07, 6.45) is 1.67. The fourth-order valence-corrected chi connectivity index (χ4v) is 2.48. The predicted octanol–water partition coefficient (Wildman–Crippen LogP) is 4.76. The maximum Gasteiger partial charge on any atom is 0.411 e. The molecule has 0 saturated carbocycles. The summed E-state index contributed by atoms with van der Waals surface area (Å²) >= 11 is 1.62. The maximum absolute atomic E-state index is 11.6. The Hall–Kier alpha value is -1.29.